The molecule has 0 bridgehead atoms. The molecular weight excluding hydrogens is 100 g/mol. The fourth-order valence-electron chi connectivity index (χ4n) is 0.468. The van der Waals surface area contributed by atoms with Crippen molar-refractivity contribution in [3.05, 3.63) is 24.3 Å². The molecule has 0 unspecified atom stereocenters. The summed E-state index contributed by atoms with van der Waals surface area (Å²) in [5.74, 6) is 0. The maximum Gasteiger partial charge on any atom is 0.116 e. The van der Waals surface area contributed by atoms with Crippen LogP contribution in [-0.2, 0) is 6.42 Å². The lowest BCUT2D eigenvalue weighted by atomic mass is 10.3. The van der Waals surface area contributed by atoms with Crippen molar-refractivity contribution in [2.24, 2.45) is 0 Å². The van der Waals surface area contributed by atoms with Gasteiger partial charge in [0.1, 0.15) is 6.33 Å². The Bertz CT molecular complexity index is 148. The maximum absolute atomic E-state index is 3.81. The molecular formula is C6H7N2. The molecule has 0 aliphatic carbocycles. The van der Waals surface area contributed by atoms with E-state index in [-0.39, 0.29) is 0 Å². The van der Waals surface area contributed by atoms with Crippen LogP contribution in [0.3, 0.4) is 0 Å². The summed E-state index contributed by atoms with van der Waals surface area (Å²) in [6.07, 6.45) is 7.02. The van der Waals surface area contributed by atoms with Gasteiger partial charge >= 0.3 is 0 Å². The fraction of sp³-hybridized carbons (Fsp3) is 0.333. The van der Waals surface area contributed by atoms with Crippen LogP contribution in [-0.4, -0.2) is 9.97 Å². The molecule has 1 rings (SSSR count). The molecule has 41 valence electrons. The van der Waals surface area contributed by atoms with Gasteiger partial charge in [-0.3, -0.25) is 0 Å². The summed E-state index contributed by atoms with van der Waals surface area (Å²) in [4.78, 5) is 7.53. The topological polar surface area (TPSA) is 25.8 Å². The SMILES string of the molecule is CCc1[c]ncnc1. The smallest absolute Gasteiger partial charge is 0.116 e. The predicted molar refractivity (Wildman–Crippen MR) is 30.2 cm³/mol. The van der Waals surface area contributed by atoms with Crippen molar-refractivity contribution in [1.29, 1.82) is 0 Å². The van der Waals surface area contributed by atoms with Crippen LogP contribution in [0.4, 0.5) is 0 Å². The molecule has 2 heteroatoms. The van der Waals surface area contributed by atoms with Gasteiger partial charge in [-0.2, -0.15) is 0 Å². The standard InChI is InChI=1S/C6H7N2/c1-2-6-3-7-5-8-4-6/h3,5H,2H2,1H3. The van der Waals surface area contributed by atoms with E-state index in [0.717, 1.165) is 12.0 Å². The Labute approximate surface area is 48.6 Å². The monoisotopic (exact) mass is 107 g/mol. The molecule has 1 radical (unpaired) electrons. The van der Waals surface area contributed by atoms with Crippen molar-refractivity contribution < 1.29 is 0 Å². The highest BCUT2D eigenvalue weighted by Gasteiger charge is 1.83. The first-order chi connectivity index (χ1) is 3.93. The van der Waals surface area contributed by atoms with E-state index in [1.807, 2.05) is 0 Å². The molecule has 0 atom stereocenters. The van der Waals surface area contributed by atoms with Crippen LogP contribution in [0.15, 0.2) is 12.5 Å². The number of rotatable bonds is 1. The molecule has 0 fully saturated rings. The Morgan fingerprint density at radius 1 is 1.75 bits per heavy atom. The first-order valence-electron chi connectivity index (χ1n) is 2.60. The fourth-order valence-corrected chi connectivity index (χ4v) is 0.468. The molecule has 0 N–H and O–H groups in total. The highest BCUT2D eigenvalue weighted by molar-refractivity contribution is 4.98. The van der Waals surface area contributed by atoms with Gasteiger partial charge in [0.05, 0.1) is 6.20 Å². The van der Waals surface area contributed by atoms with E-state index in [1.165, 1.54) is 6.33 Å². The third-order valence-corrected chi connectivity index (χ3v) is 0.944. The second-order valence-electron chi connectivity index (χ2n) is 1.51. The van der Waals surface area contributed by atoms with Gasteiger partial charge in [-0.25, -0.2) is 9.97 Å². The van der Waals surface area contributed by atoms with Crippen molar-refractivity contribution >= 4 is 0 Å². The molecule has 0 aliphatic rings. The van der Waals surface area contributed by atoms with Crippen molar-refractivity contribution in [2.45, 2.75) is 13.3 Å². The van der Waals surface area contributed by atoms with Crippen molar-refractivity contribution in [3.63, 3.8) is 0 Å². The van der Waals surface area contributed by atoms with Crippen LogP contribution in [0.25, 0.3) is 0 Å². The third kappa shape index (κ3) is 1.03. The van der Waals surface area contributed by atoms with Gasteiger partial charge in [0.25, 0.3) is 0 Å². The normalized spacial score (nSPS) is 9.12. The molecule has 0 saturated carbocycles. The van der Waals surface area contributed by atoms with Crippen molar-refractivity contribution in [2.75, 3.05) is 0 Å². The van der Waals surface area contributed by atoms with E-state index < -0.39 is 0 Å². The van der Waals surface area contributed by atoms with E-state index in [2.05, 4.69) is 23.1 Å². The third-order valence-electron chi connectivity index (χ3n) is 0.944. The first kappa shape index (κ1) is 5.22. The lowest BCUT2D eigenvalue weighted by Gasteiger charge is -1.86. The Kier molecular flexibility index (Phi) is 1.57. The molecule has 0 amide bonds. The quantitative estimate of drug-likeness (QED) is 0.531. The molecule has 0 saturated heterocycles. The largest absolute Gasteiger partial charge is 0.244 e. The summed E-state index contributed by atoms with van der Waals surface area (Å²) < 4.78 is 0. The van der Waals surface area contributed by atoms with Crippen LogP contribution in [0.5, 0.6) is 0 Å². The maximum atomic E-state index is 3.81. The van der Waals surface area contributed by atoms with Crippen LogP contribution in [0.2, 0.25) is 0 Å². The van der Waals surface area contributed by atoms with E-state index in [4.69, 9.17) is 0 Å². The Balaban J connectivity index is 2.83. The summed E-state index contributed by atoms with van der Waals surface area (Å²) in [6, 6.07) is 0. The Morgan fingerprint density at radius 3 is 3.00 bits per heavy atom. The van der Waals surface area contributed by atoms with Gasteiger partial charge in [0.15, 0.2) is 0 Å². The Morgan fingerprint density at radius 2 is 2.62 bits per heavy atom. The molecule has 1 aromatic heterocycles. The average Bonchev–Trinajstić information content (AvgIpc) is 1.90. The zero-order valence-corrected chi connectivity index (χ0v) is 4.76. The summed E-state index contributed by atoms with van der Waals surface area (Å²) in [5.41, 5.74) is 1.06. The second kappa shape index (κ2) is 2.40. The molecule has 1 aromatic rings. The summed E-state index contributed by atoms with van der Waals surface area (Å²) in [7, 11) is 0. The lowest BCUT2D eigenvalue weighted by molar-refractivity contribution is 1.04. The number of hydrogen-bond donors (Lipinski definition) is 0. The number of aromatic nitrogens is 2. The van der Waals surface area contributed by atoms with Gasteiger partial charge in [-0.1, -0.05) is 6.92 Å². The Hall–Kier alpha value is -0.920. The first-order valence-corrected chi connectivity index (χ1v) is 2.60. The summed E-state index contributed by atoms with van der Waals surface area (Å²) >= 11 is 0. The molecule has 1 heterocycles. The molecule has 8 heavy (non-hydrogen) atoms. The minimum Gasteiger partial charge on any atom is -0.244 e. The van der Waals surface area contributed by atoms with E-state index in [0.29, 0.717) is 0 Å². The van der Waals surface area contributed by atoms with Gasteiger partial charge in [0.2, 0.25) is 0 Å². The zero-order valence-electron chi connectivity index (χ0n) is 4.76. The molecule has 0 spiro atoms. The van der Waals surface area contributed by atoms with Gasteiger partial charge in [-0.15, -0.1) is 0 Å². The van der Waals surface area contributed by atoms with E-state index in [1.54, 1.807) is 6.20 Å². The zero-order chi connectivity index (χ0) is 5.82. The molecule has 0 aliphatic heterocycles. The van der Waals surface area contributed by atoms with Crippen LogP contribution in [0, 0.1) is 6.20 Å². The van der Waals surface area contributed by atoms with E-state index >= 15 is 0 Å². The number of nitrogens with zero attached hydrogens (tertiary/aromatic N) is 2. The van der Waals surface area contributed by atoms with Gasteiger partial charge in [-0.05, 0) is 12.0 Å². The minimum absolute atomic E-state index is 0.959. The number of aryl methyl sites for hydroxylation is 1. The highest BCUT2D eigenvalue weighted by Crippen LogP contribution is 1.89. The van der Waals surface area contributed by atoms with E-state index in [9.17, 15) is 0 Å². The van der Waals surface area contributed by atoms with Crippen LogP contribution in [0.1, 0.15) is 12.5 Å². The van der Waals surface area contributed by atoms with Gasteiger partial charge < -0.3 is 0 Å². The van der Waals surface area contributed by atoms with Crippen molar-refractivity contribution in [1.82, 2.24) is 9.97 Å². The average molecular weight is 107 g/mol. The number of hydrogen-bond acceptors (Lipinski definition) is 2. The molecule has 0 aromatic carbocycles. The van der Waals surface area contributed by atoms with Crippen molar-refractivity contribution in [3.8, 4) is 0 Å². The summed E-state index contributed by atoms with van der Waals surface area (Å²) in [5, 5.41) is 0. The minimum atomic E-state index is 0.959. The molecule has 2 nitrogen and oxygen atoms in total. The highest BCUT2D eigenvalue weighted by atomic mass is 14.8. The second-order valence-corrected chi connectivity index (χ2v) is 1.51. The van der Waals surface area contributed by atoms with Gasteiger partial charge in [0, 0.05) is 6.20 Å². The lowest BCUT2D eigenvalue weighted by Crippen LogP contribution is -1.82. The summed E-state index contributed by atoms with van der Waals surface area (Å²) in [6.45, 7) is 2.05. The van der Waals surface area contributed by atoms with Crippen LogP contribution < -0.4 is 0 Å². The predicted octanol–water partition coefficient (Wildman–Crippen LogP) is 0.839. The van der Waals surface area contributed by atoms with Crippen LogP contribution >= 0.6 is 0 Å².